The average molecular weight is 693 g/mol. The summed E-state index contributed by atoms with van der Waals surface area (Å²) in [6.45, 7) is 14.1. The molecule has 0 N–H and O–H groups in total. The SMILES string of the molecule is CCCc1ccc2c(c1)C(C)(C)c1cc(-c3ccc4c5cccc6c(-c7ccc8c(c7)C(C)(C)c7cc(C)ccc7-8)ccc(c7cccc3c74)c65)ccc1-2. The van der Waals surface area contributed by atoms with Gasteiger partial charge in [0.2, 0.25) is 0 Å². The third kappa shape index (κ3) is 4.15. The maximum atomic E-state index is 2.49. The van der Waals surface area contributed by atoms with Gasteiger partial charge < -0.3 is 0 Å². The predicted octanol–water partition coefficient (Wildman–Crippen LogP) is 14.9. The van der Waals surface area contributed by atoms with Crippen LogP contribution in [0.5, 0.6) is 0 Å². The van der Waals surface area contributed by atoms with Crippen molar-refractivity contribution in [3.8, 4) is 44.5 Å². The van der Waals surface area contributed by atoms with Gasteiger partial charge in [0.1, 0.15) is 0 Å². The van der Waals surface area contributed by atoms with E-state index in [0.29, 0.717) is 0 Å². The number of aryl methyl sites for hydroxylation is 2. The Labute approximate surface area is 318 Å². The molecule has 0 saturated heterocycles. The smallest absolute Gasteiger partial charge is 0.0159 e. The molecule has 0 amide bonds. The molecule has 2 aliphatic rings. The Morgan fingerprint density at radius 3 is 1.31 bits per heavy atom. The van der Waals surface area contributed by atoms with Gasteiger partial charge in [0.25, 0.3) is 0 Å². The number of rotatable bonds is 4. The molecule has 0 bridgehead atoms. The molecule has 0 unspecified atom stereocenters. The summed E-state index contributed by atoms with van der Waals surface area (Å²) in [5.74, 6) is 0. The highest BCUT2D eigenvalue weighted by atomic mass is 14.4. The normalized spacial score (nSPS) is 14.9. The Hall–Kier alpha value is -5.72. The average Bonchev–Trinajstić information content (AvgIpc) is 3.54. The molecule has 0 aliphatic heterocycles. The van der Waals surface area contributed by atoms with Crippen molar-refractivity contribution in [1.29, 1.82) is 0 Å². The van der Waals surface area contributed by atoms with E-state index in [9.17, 15) is 0 Å². The van der Waals surface area contributed by atoms with Crippen LogP contribution < -0.4 is 0 Å². The van der Waals surface area contributed by atoms with Gasteiger partial charge in [-0.05, 0) is 141 Å². The Bertz CT molecular complexity index is 3040. The number of fused-ring (bicyclic) bond motifs is 8. The fraction of sp³-hybridized carbons (Fsp3) is 0.185. The maximum absolute atomic E-state index is 2.49. The molecule has 9 aromatic carbocycles. The minimum Gasteiger partial charge on any atom is -0.0651 e. The Morgan fingerprint density at radius 1 is 0.389 bits per heavy atom. The van der Waals surface area contributed by atoms with Crippen molar-refractivity contribution in [1.82, 2.24) is 0 Å². The summed E-state index contributed by atoms with van der Waals surface area (Å²) in [5, 5.41) is 10.7. The van der Waals surface area contributed by atoms with Crippen molar-refractivity contribution in [3.05, 3.63) is 167 Å². The highest BCUT2D eigenvalue weighted by Crippen LogP contribution is 2.53. The third-order valence-electron chi connectivity index (χ3n) is 13.4. The van der Waals surface area contributed by atoms with Gasteiger partial charge in [0, 0.05) is 10.8 Å². The van der Waals surface area contributed by atoms with Crippen LogP contribution in [0, 0.1) is 6.92 Å². The predicted molar refractivity (Wildman–Crippen MR) is 232 cm³/mol. The molecule has 9 aromatic rings. The standard InChI is InChI=1S/C54H44/c1-7-10-32-16-20-38-40-22-18-34(30-50(40)54(5,6)48(38)28-32)36-24-26-46-43-13-8-11-41-35(23-25-45(51(41)43)44-14-9-12-42(36)52(44)46)33-17-21-39-37-19-15-31(2)27-47(37)53(3,4)49(39)29-33/h8-9,11-30H,7,10H2,1-6H3. The first kappa shape index (κ1) is 31.8. The molecule has 0 heteroatoms. The Kier molecular flexibility index (Phi) is 6.43. The molecular weight excluding hydrogens is 649 g/mol. The van der Waals surface area contributed by atoms with Crippen LogP contribution in [0.3, 0.4) is 0 Å². The molecule has 0 spiro atoms. The van der Waals surface area contributed by atoms with Crippen molar-refractivity contribution in [2.45, 2.75) is 65.2 Å². The van der Waals surface area contributed by atoms with E-state index in [1.54, 1.807) is 0 Å². The van der Waals surface area contributed by atoms with Crippen LogP contribution in [0.2, 0.25) is 0 Å². The van der Waals surface area contributed by atoms with E-state index >= 15 is 0 Å². The van der Waals surface area contributed by atoms with Gasteiger partial charge in [-0.15, -0.1) is 0 Å². The lowest BCUT2D eigenvalue weighted by molar-refractivity contribution is 0.659. The first-order valence-electron chi connectivity index (χ1n) is 19.8. The van der Waals surface area contributed by atoms with Gasteiger partial charge in [0.05, 0.1) is 0 Å². The summed E-state index contributed by atoms with van der Waals surface area (Å²) in [4.78, 5) is 0. The van der Waals surface area contributed by atoms with E-state index in [2.05, 4.69) is 175 Å². The lowest BCUT2D eigenvalue weighted by Crippen LogP contribution is -2.15. The van der Waals surface area contributed by atoms with Crippen LogP contribution in [-0.2, 0) is 17.3 Å². The second-order valence-corrected chi connectivity index (χ2v) is 17.2. The van der Waals surface area contributed by atoms with E-state index in [1.165, 1.54) is 127 Å². The lowest BCUT2D eigenvalue weighted by Gasteiger charge is -2.23. The zero-order valence-electron chi connectivity index (χ0n) is 32.1. The highest BCUT2D eigenvalue weighted by Gasteiger charge is 2.37. The molecule has 0 saturated carbocycles. The van der Waals surface area contributed by atoms with Gasteiger partial charge >= 0.3 is 0 Å². The quantitative estimate of drug-likeness (QED) is 0.127. The molecule has 0 heterocycles. The molecule has 0 nitrogen and oxygen atoms in total. The first-order valence-corrected chi connectivity index (χ1v) is 19.8. The van der Waals surface area contributed by atoms with Crippen LogP contribution >= 0.6 is 0 Å². The molecule has 0 fully saturated rings. The fourth-order valence-electron chi connectivity index (χ4n) is 10.6. The van der Waals surface area contributed by atoms with Crippen molar-refractivity contribution in [3.63, 3.8) is 0 Å². The van der Waals surface area contributed by atoms with Crippen LogP contribution in [0.15, 0.2) is 133 Å². The molecule has 11 rings (SSSR count). The Balaban J connectivity index is 1.08. The summed E-state index contributed by atoms with van der Waals surface area (Å²) in [5.41, 5.74) is 19.2. The minimum atomic E-state index is -0.0410. The largest absolute Gasteiger partial charge is 0.0651 e. The summed E-state index contributed by atoms with van der Waals surface area (Å²) >= 11 is 0. The second kappa shape index (κ2) is 10.9. The molecule has 0 atom stereocenters. The van der Waals surface area contributed by atoms with Gasteiger partial charge in [-0.1, -0.05) is 168 Å². The highest BCUT2D eigenvalue weighted by molar-refractivity contribution is 6.35. The monoisotopic (exact) mass is 692 g/mol. The molecule has 2 aliphatic carbocycles. The van der Waals surface area contributed by atoms with Crippen LogP contribution in [-0.4, -0.2) is 0 Å². The van der Waals surface area contributed by atoms with Crippen molar-refractivity contribution < 1.29 is 0 Å². The summed E-state index contributed by atoms with van der Waals surface area (Å²) in [7, 11) is 0. The van der Waals surface area contributed by atoms with E-state index in [-0.39, 0.29) is 10.8 Å². The zero-order chi connectivity index (χ0) is 36.7. The lowest BCUT2D eigenvalue weighted by atomic mass is 9.80. The number of hydrogen-bond acceptors (Lipinski definition) is 0. The van der Waals surface area contributed by atoms with Gasteiger partial charge in [-0.2, -0.15) is 0 Å². The van der Waals surface area contributed by atoms with E-state index in [0.717, 1.165) is 6.42 Å². The van der Waals surface area contributed by atoms with Gasteiger partial charge in [-0.25, -0.2) is 0 Å². The van der Waals surface area contributed by atoms with Crippen LogP contribution in [0.4, 0.5) is 0 Å². The maximum Gasteiger partial charge on any atom is 0.0159 e. The topological polar surface area (TPSA) is 0 Å². The second-order valence-electron chi connectivity index (χ2n) is 17.2. The van der Waals surface area contributed by atoms with Crippen molar-refractivity contribution in [2.24, 2.45) is 0 Å². The van der Waals surface area contributed by atoms with E-state index in [1.807, 2.05) is 0 Å². The minimum absolute atomic E-state index is 0.0396. The van der Waals surface area contributed by atoms with Crippen LogP contribution in [0.1, 0.15) is 74.4 Å². The summed E-state index contributed by atoms with van der Waals surface area (Å²) in [6.07, 6.45) is 2.30. The zero-order valence-corrected chi connectivity index (χ0v) is 32.1. The summed E-state index contributed by atoms with van der Waals surface area (Å²) in [6, 6.07) is 52.0. The van der Waals surface area contributed by atoms with Gasteiger partial charge in [-0.3, -0.25) is 0 Å². The molecule has 0 radical (unpaired) electrons. The fourth-order valence-corrected chi connectivity index (χ4v) is 10.6. The van der Waals surface area contributed by atoms with Crippen molar-refractivity contribution in [2.75, 3.05) is 0 Å². The van der Waals surface area contributed by atoms with E-state index in [4.69, 9.17) is 0 Å². The van der Waals surface area contributed by atoms with Crippen LogP contribution in [0.25, 0.3) is 87.6 Å². The molecular formula is C54H44. The number of hydrogen-bond donors (Lipinski definition) is 0. The third-order valence-corrected chi connectivity index (χ3v) is 13.4. The van der Waals surface area contributed by atoms with E-state index < -0.39 is 0 Å². The molecule has 54 heavy (non-hydrogen) atoms. The molecule has 260 valence electrons. The summed E-state index contributed by atoms with van der Waals surface area (Å²) < 4.78 is 0. The Morgan fingerprint density at radius 2 is 0.796 bits per heavy atom. The van der Waals surface area contributed by atoms with Gasteiger partial charge in [0.15, 0.2) is 0 Å². The first-order chi connectivity index (χ1) is 26.1. The van der Waals surface area contributed by atoms with Crippen molar-refractivity contribution >= 4 is 43.1 Å². The number of benzene rings is 9. The molecule has 0 aromatic heterocycles.